The van der Waals surface area contributed by atoms with E-state index in [4.69, 9.17) is 14.2 Å². The lowest BCUT2D eigenvalue weighted by Gasteiger charge is -2.24. The van der Waals surface area contributed by atoms with E-state index in [0.29, 0.717) is 44.2 Å². The largest absolute Gasteiger partial charge is 0.463 e. The molecule has 0 amide bonds. The lowest BCUT2D eigenvalue weighted by atomic mass is 9.95. The van der Waals surface area contributed by atoms with Crippen molar-refractivity contribution < 1.29 is 23.4 Å². The summed E-state index contributed by atoms with van der Waals surface area (Å²) in [7, 11) is 0. The molecule has 216 valence electrons. The topological polar surface area (TPSA) is 84.1 Å². The Kier molecular flexibility index (Phi) is 6.70. The van der Waals surface area contributed by atoms with Gasteiger partial charge in [0.05, 0.1) is 28.5 Å². The molecule has 10 heteroatoms. The molecule has 5 aromatic rings. The Labute approximate surface area is 249 Å². The standard InChI is InChI=1S/C33H26FN3O5S/c1-3-40-32(39)29-19(2)35-33-37(30(29)21-10-13-26-27(14-21)42-18-41-26)31(38)28(43-33)15-22-17-36(25-7-5-4-6-24(22)25)16-20-8-11-23(34)12-9-20/h4-15,17,30H,3,16,18H2,1-2H3/b28-15+/t30-/m0/s1. The van der Waals surface area contributed by atoms with E-state index in [1.807, 2.05) is 42.6 Å². The Morgan fingerprint density at radius 3 is 2.72 bits per heavy atom. The van der Waals surface area contributed by atoms with E-state index in [1.165, 1.54) is 23.5 Å². The summed E-state index contributed by atoms with van der Waals surface area (Å²) in [4.78, 5) is 32.5. The van der Waals surface area contributed by atoms with Gasteiger partial charge in [-0.05, 0) is 61.4 Å². The van der Waals surface area contributed by atoms with Crippen LogP contribution in [0, 0.1) is 5.82 Å². The van der Waals surface area contributed by atoms with Gasteiger partial charge in [-0.25, -0.2) is 14.2 Å². The van der Waals surface area contributed by atoms with Crippen LogP contribution in [0.25, 0.3) is 17.0 Å². The maximum absolute atomic E-state index is 14.1. The van der Waals surface area contributed by atoms with Gasteiger partial charge in [0, 0.05) is 29.2 Å². The number of esters is 1. The zero-order valence-corrected chi connectivity index (χ0v) is 24.2. The normalized spacial score (nSPS) is 16.0. The monoisotopic (exact) mass is 595 g/mol. The molecule has 0 spiro atoms. The van der Waals surface area contributed by atoms with Crippen LogP contribution >= 0.6 is 11.3 Å². The average Bonchev–Trinajstić information content (AvgIpc) is 3.69. The predicted octanol–water partition coefficient (Wildman–Crippen LogP) is 4.67. The summed E-state index contributed by atoms with van der Waals surface area (Å²) >= 11 is 1.27. The molecule has 0 fully saturated rings. The smallest absolute Gasteiger partial charge is 0.338 e. The molecule has 0 saturated heterocycles. The summed E-state index contributed by atoms with van der Waals surface area (Å²) in [5, 5.41) is 0.978. The molecule has 0 N–H and O–H groups in total. The zero-order valence-electron chi connectivity index (χ0n) is 23.4. The van der Waals surface area contributed by atoms with E-state index in [1.54, 1.807) is 42.7 Å². The van der Waals surface area contributed by atoms with Gasteiger partial charge in [0.25, 0.3) is 5.56 Å². The number of halogens is 1. The van der Waals surface area contributed by atoms with Crippen molar-refractivity contribution in [3.8, 4) is 11.5 Å². The summed E-state index contributed by atoms with van der Waals surface area (Å²) in [5.74, 6) is 0.347. The van der Waals surface area contributed by atoms with E-state index in [9.17, 15) is 14.0 Å². The molecular formula is C33H26FN3O5S. The maximum atomic E-state index is 14.1. The molecule has 2 aliphatic rings. The van der Waals surface area contributed by atoms with Crippen molar-refractivity contribution in [3.63, 3.8) is 0 Å². The lowest BCUT2D eigenvalue weighted by molar-refractivity contribution is -0.139. The summed E-state index contributed by atoms with van der Waals surface area (Å²) in [6.45, 7) is 4.34. The second kappa shape index (κ2) is 10.7. The average molecular weight is 596 g/mol. The summed E-state index contributed by atoms with van der Waals surface area (Å²) in [6.07, 6.45) is 3.87. The van der Waals surface area contributed by atoms with E-state index in [0.717, 1.165) is 22.0 Å². The van der Waals surface area contributed by atoms with E-state index in [2.05, 4.69) is 9.56 Å². The molecule has 7 rings (SSSR count). The number of para-hydroxylation sites is 1. The highest BCUT2D eigenvalue weighted by molar-refractivity contribution is 7.07. The minimum Gasteiger partial charge on any atom is -0.463 e. The summed E-state index contributed by atoms with van der Waals surface area (Å²) < 4.78 is 34.1. The van der Waals surface area contributed by atoms with Crippen LogP contribution in [0.5, 0.6) is 11.5 Å². The molecule has 2 aliphatic heterocycles. The lowest BCUT2D eigenvalue weighted by Crippen LogP contribution is -2.39. The molecule has 0 radical (unpaired) electrons. The molecule has 8 nitrogen and oxygen atoms in total. The fourth-order valence-electron chi connectivity index (χ4n) is 5.64. The molecule has 0 aliphatic carbocycles. The van der Waals surface area contributed by atoms with Crippen molar-refractivity contribution in [2.75, 3.05) is 13.4 Å². The molecule has 0 unspecified atom stereocenters. The number of aromatic nitrogens is 2. The summed E-state index contributed by atoms with van der Waals surface area (Å²) in [6, 6.07) is 19.0. The van der Waals surface area contributed by atoms with E-state index >= 15 is 0 Å². The number of carbonyl (C=O) groups is 1. The number of carbonyl (C=O) groups excluding carboxylic acids is 1. The summed E-state index contributed by atoms with van der Waals surface area (Å²) in [5.41, 5.74) is 4.02. The number of hydrogen-bond acceptors (Lipinski definition) is 7. The van der Waals surface area contributed by atoms with Crippen molar-refractivity contribution >= 4 is 34.3 Å². The minimum absolute atomic E-state index is 0.107. The number of thiazole rings is 1. The predicted molar refractivity (Wildman–Crippen MR) is 160 cm³/mol. The van der Waals surface area contributed by atoms with Gasteiger partial charge in [0.15, 0.2) is 16.3 Å². The van der Waals surface area contributed by atoms with E-state index in [-0.39, 0.29) is 24.8 Å². The Morgan fingerprint density at radius 1 is 1.12 bits per heavy atom. The van der Waals surface area contributed by atoms with Gasteiger partial charge >= 0.3 is 5.97 Å². The molecule has 1 atom stereocenters. The number of allylic oxidation sites excluding steroid dienone is 1. The fraction of sp³-hybridized carbons (Fsp3) is 0.182. The van der Waals surface area contributed by atoms with Crippen molar-refractivity contribution in [2.24, 2.45) is 4.99 Å². The van der Waals surface area contributed by atoms with Crippen molar-refractivity contribution in [1.29, 1.82) is 0 Å². The highest BCUT2D eigenvalue weighted by Gasteiger charge is 2.34. The van der Waals surface area contributed by atoms with Crippen LogP contribution in [-0.2, 0) is 16.1 Å². The number of nitrogens with zero attached hydrogens (tertiary/aromatic N) is 3. The highest BCUT2D eigenvalue weighted by atomic mass is 32.1. The molecule has 2 aromatic heterocycles. The van der Waals surface area contributed by atoms with Gasteiger partial charge in [-0.15, -0.1) is 0 Å². The first-order chi connectivity index (χ1) is 20.9. The van der Waals surface area contributed by atoms with E-state index < -0.39 is 12.0 Å². The number of ether oxygens (including phenoxy) is 3. The third-order valence-electron chi connectivity index (χ3n) is 7.60. The Morgan fingerprint density at radius 2 is 1.91 bits per heavy atom. The van der Waals surface area contributed by atoms with Crippen LogP contribution in [0.2, 0.25) is 0 Å². The highest BCUT2D eigenvalue weighted by Crippen LogP contribution is 2.38. The van der Waals surface area contributed by atoms with Crippen LogP contribution in [0.3, 0.4) is 0 Å². The van der Waals surface area contributed by atoms with Gasteiger partial charge in [-0.1, -0.05) is 47.7 Å². The first kappa shape index (κ1) is 26.9. The number of hydrogen-bond donors (Lipinski definition) is 0. The first-order valence-corrected chi connectivity index (χ1v) is 14.6. The second-order valence-electron chi connectivity index (χ2n) is 10.3. The van der Waals surface area contributed by atoms with Crippen molar-refractivity contribution in [1.82, 2.24) is 9.13 Å². The third-order valence-corrected chi connectivity index (χ3v) is 8.58. The van der Waals surface area contributed by atoms with Gasteiger partial charge < -0.3 is 18.8 Å². The number of benzene rings is 3. The molecule has 43 heavy (non-hydrogen) atoms. The molecule has 3 aromatic carbocycles. The van der Waals surface area contributed by atoms with Crippen LogP contribution < -0.4 is 24.4 Å². The van der Waals surface area contributed by atoms with Gasteiger partial charge in [0.1, 0.15) is 5.82 Å². The molecular weight excluding hydrogens is 569 g/mol. The first-order valence-electron chi connectivity index (χ1n) is 13.8. The Hall–Kier alpha value is -4.96. The van der Waals surface area contributed by atoms with Gasteiger partial charge in [-0.3, -0.25) is 9.36 Å². The maximum Gasteiger partial charge on any atom is 0.338 e. The number of fused-ring (bicyclic) bond motifs is 3. The van der Waals surface area contributed by atoms with Crippen LogP contribution in [-0.4, -0.2) is 28.5 Å². The SMILES string of the molecule is CCOC(=O)C1=C(C)N=c2s/c(=C/c3cn(Cc4ccc(F)cc4)c4ccccc34)c(=O)n2[C@H]1c1ccc2c(c1)OCO2. The minimum atomic E-state index is -0.758. The van der Waals surface area contributed by atoms with Crippen LogP contribution in [0.1, 0.15) is 36.6 Å². The molecule has 4 heterocycles. The molecule has 0 saturated carbocycles. The second-order valence-corrected chi connectivity index (χ2v) is 11.3. The Balaban J connectivity index is 1.38. The van der Waals surface area contributed by atoms with Gasteiger partial charge in [-0.2, -0.15) is 0 Å². The number of rotatable bonds is 6. The van der Waals surface area contributed by atoms with Crippen LogP contribution in [0.4, 0.5) is 4.39 Å². The quantitative estimate of drug-likeness (QED) is 0.267. The third kappa shape index (κ3) is 4.73. The van der Waals surface area contributed by atoms with Crippen molar-refractivity contribution in [2.45, 2.75) is 26.4 Å². The zero-order chi connectivity index (χ0) is 29.7. The van der Waals surface area contributed by atoms with Crippen molar-refractivity contribution in [3.05, 3.63) is 126 Å². The van der Waals surface area contributed by atoms with Gasteiger partial charge in [0.2, 0.25) is 6.79 Å². The fourth-order valence-corrected chi connectivity index (χ4v) is 6.68. The Bertz CT molecular complexity index is 2120. The molecule has 0 bridgehead atoms. The van der Waals surface area contributed by atoms with Crippen LogP contribution in [0.15, 0.2) is 94.0 Å².